The van der Waals surface area contributed by atoms with E-state index in [4.69, 9.17) is 9.47 Å². The smallest absolute Gasteiger partial charge is 0.313 e. The summed E-state index contributed by atoms with van der Waals surface area (Å²) in [7, 11) is 3.06. The Morgan fingerprint density at radius 1 is 0.957 bits per heavy atom. The molecule has 2 rings (SSSR count). The number of nitrogens with one attached hydrogen (secondary N) is 2. The van der Waals surface area contributed by atoms with Gasteiger partial charge in [-0.15, -0.1) is 0 Å². The number of anilines is 1. The van der Waals surface area contributed by atoms with Crippen LogP contribution in [-0.4, -0.2) is 26.0 Å². The topological polar surface area (TPSA) is 76.7 Å². The van der Waals surface area contributed by atoms with Crippen molar-refractivity contribution in [1.29, 1.82) is 0 Å². The van der Waals surface area contributed by atoms with E-state index >= 15 is 0 Å². The van der Waals surface area contributed by atoms with Gasteiger partial charge in [0.1, 0.15) is 11.5 Å². The molecule has 0 fully saturated rings. The third kappa shape index (κ3) is 4.47. The van der Waals surface area contributed by atoms with E-state index in [-0.39, 0.29) is 6.54 Å². The van der Waals surface area contributed by atoms with Crippen LogP contribution in [0.3, 0.4) is 0 Å². The van der Waals surface area contributed by atoms with Crippen molar-refractivity contribution in [3.8, 4) is 11.5 Å². The summed E-state index contributed by atoms with van der Waals surface area (Å²) in [6, 6.07) is 14.1. The number of hydrogen-bond donors (Lipinski definition) is 2. The molecule has 0 saturated heterocycles. The van der Waals surface area contributed by atoms with Crippen LogP contribution in [-0.2, 0) is 16.1 Å². The van der Waals surface area contributed by atoms with Crippen molar-refractivity contribution >= 4 is 17.5 Å². The lowest BCUT2D eigenvalue weighted by Gasteiger charge is -2.10. The highest BCUT2D eigenvalue weighted by atomic mass is 16.5. The standard InChI is InChI=1S/C17H18N2O4/c1-22-13-7-5-6-12(10-13)11-18-16(20)17(21)19-14-8-3-4-9-15(14)23-2/h3-10H,11H2,1-2H3,(H,18,20)(H,19,21). The molecule has 0 aliphatic rings. The zero-order valence-corrected chi connectivity index (χ0v) is 13.0. The number of rotatable bonds is 5. The van der Waals surface area contributed by atoms with E-state index in [9.17, 15) is 9.59 Å². The number of hydrogen-bond acceptors (Lipinski definition) is 4. The predicted octanol–water partition coefficient (Wildman–Crippen LogP) is 1.96. The van der Waals surface area contributed by atoms with Gasteiger partial charge >= 0.3 is 11.8 Å². The normalized spacial score (nSPS) is 9.83. The summed E-state index contributed by atoms with van der Waals surface area (Å²) in [5, 5.41) is 5.08. The van der Waals surface area contributed by atoms with Crippen LogP contribution in [0, 0.1) is 0 Å². The van der Waals surface area contributed by atoms with Gasteiger partial charge in [-0.1, -0.05) is 24.3 Å². The number of methoxy groups -OCH3 is 2. The highest BCUT2D eigenvalue weighted by molar-refractivity contribution is 6.39. The Balaban J connectivity index is 1.93. The minimum Gasteiger partial charge on any atom is -0.497 e. The highest BCUT2D eigenvalue weighted by Gasteiger charge is 2.15. The third-order valence-corrected chi connectivity index (χ3v) is 3.15. The van der Waals surface area contributed by atoms with E-state index < -0.39 is 11.8 Å². The minimum absolute atomic E-state index is 0.232. The van der Waals surface area contributed by atoms with Crippen LogP contribution in [0.4, 0.5) is 5.69 Å². The van der Waals surface area contributed by atoms with E-state index in [2.05, 4.69) is 10.6 Å². The molecule has 2 amide bonds. The summed E-state index contributed by atoms with van der Waals surface area (Å²) in [5.41, 5.74) is 1.28. The van der Waals surface area contributed by atoms with Gasteiger partial charge in [0.15, 0.2) is 0 Å². The molecule has 2 N–H and O–H groups in total. The Kier molecular flexibility index (Phi) is 5.57. The molecule has 6 heteroatoms. The Hall–Kier alpha value is -3.02. The largest absolute Gasteiger partial charge is 0.497 e. The number of benzene rings is 2. The zero-order valence-electron chi connectivity index (χ0n) is 13.0. The first kappa shape index (κ1) is 16.4. The summed E-state index contributed by atoms with van der Waals surface area (Å²) in [5.74, 6) is -0.298. The molecule has 0 bridgehead atoms. The Morgan fingerprint density at radius 2 is 1.74 bits per heavy atom. The van der Waals surface area contributed by atoms with Crippen molar-refractivity contribution in [2.75, 3.05) is 19.5 Å². The number of carbonyl (C=O) groups is 2. The maximum absolute atomic E-state index is 11.9. The summed E-state index contributed by atoms with van der Waals surface area (Å²) < 4.78 is 10.2. The summed E-state index contributed by atoms with van der Waals surface area (Å²) in [4.78, 5) is 23.8. The van der Waals surface area contributed by atoms with Crippen molar-refractivity contribution < 1.29 is 19.1 Å². The molecule has 120 valence electrons. The molecule has 0 radical (unpaired) electrons. The monoisotopic (exact) mass is 314 g/mol. The molecular formula is C17H18N2O4. The highest BCUT2D eigenvalue weighted by Crippen LogP contribution is 2.22. The van der Waals surface area contributed by atoms with Gasteiger partial charge < -0.3 is 20.1 Å². The molecular weight excluding hydrogens is 296 g/mol. The molecule has 0 aliphatic carbocycles. The summed E-state index contributed by atoms with van der Waals surface area (Å²) in [6.45, 7) is 0.232. The lowest BCUT2D eigenvalue weighted by Crippen LogP contribution is -2.35. The van der Waals surface area contributed by atoms with Gasteiger partial charge in [0.25, 0.3) is 0 Å². The second-order valence-electron chi connectivity index (χ2n) is 4.69. The van der Waals surface area contributed by atoms with Gasteiger partial charge in [-0.3, -0.25) is 9.59 Å². The van der Waals surface area contributed by atoms with E-state index in [1.807, 2.05) is 12.1 Å². The van der Waals surface area contributed by atoms with Crippen molar-refractivity contribution in [3.05, 3.63) is 54.1 Å². The zero-order chi connectivity index (χ0) is 16.7. The van der Waals surface area contributed by atoms with Gasteiger partial charge in [-0.05, 0) is 29.8 Å². The number of ether oxygens (including phenoxy) is 2. The van der Waals surface area contributed by atoms with Crippen LogP contribution in [0.5, 0.6) is 11.5 Å². The van der Waals surface area contributed by atoms with Gasteiger partial charge in [0.05, 0.1) is 19.9 Å². The predicted molar refractivity (Wildman–Crippen MR) is 86.5 cm³/mol. The van der Waals surface area contributed by atoms with Crippen molar-refractivity contribution in [1.82, 2.24) is 5.32 Å². The average Bonchev–Trinajstić information content (AvgIpc) is 2.60. The van der Waals surface area contributed by atoms with Crippen molar-refractivity contribution in [2.24, 2.45) is 0 Å². The van der Waals surface area contributed by atoms with Gasteiger partial charge in [0, 0.05) is 6.54 Å². The van der Waals surface area contributed by atoms with Gasteiger partial charge in [-0.25, -0.2) is 0 Å². The van der Waals surface area contributed by atoms with Gasteiger partial charge in [0.2, 0.25) is 0 Å². The SMILES string of the molecule is COc1cccc(CNC(=O)C(=O)Nc2ccccc2OC)c1. The fraction of sp³-hybridized carbons (Fsp3) is 0.176. The Bertz CT molecular complexity index is 700. The lowest BCUT2D eigenvalue weighted by atomic mass is 10.2. The second kappa shape index (κ2) is 7.84. The molecule has 23 heavy (non-hydrogen) atoms. The first-order chi connectivity index (χ1) is 11.1. The summed E-state index contributed by atoms with van der Waals surface area (Å²) in [6.07, 6.45) is 0. The van der Waals surface area contributed by atoms with Crippen molar-refractivity contribution in [3.63, 3.8) is 0 Å². The number of carbonyl (C=O) groups excluding carboxylic acids is 2. The lowest BCUT2D eigenvalue weighted by molar-refractivity contribution is -0.136. The first-order valence-corrected chi connectivity index (χ1v) is 6.99. The molecule has 0 unspecified atom stereocenters. The minimum atomic E-state index is -0.752. The number of amides is 2. The van der Waals surface area contributed by atoms with E-state index in [1.165, 1.54) is 7.11 Å². The molecule has 6 nitrogen and oxygen atoms in total. The van der Waals surface area contributed by atoms with E-state index in [0.717, 1.165) is 5.56 Å². The molecule has 0 aromatic heterocycles. The van der Waals surface area contributed by atoms with Crippen LogP contribution in [0.25, 0.3) is 0 Å². The van der Waals surface area contributed by atoms with Crippen LogP contribution < -0.4 is 20.1 Å². The molecule has 0 heterocycles. The Morgan fingerprint density at radius 3 is 2.48 bits per heavy atom. The molecule has 2 aromatic rings. The Labute approximate surface area is 134 Å². The quantitative estimate of drug-likeness (QED) is 0.827. The van der Waals surface area contributed by atoms with E-state index in [1.54, 1.807) is 43.5 Å². The fourth-order valence-electron chi connectivity index (χ4n) is 1.97. The van der Waals surface area contributed by atoms with Crippen LogP contribution in [0.2, 0.25) is 0 Å². The molecule has 0 atom stereocenters. The number of para-hydroxylation sites is 2. The summed E-state index contributed by atoms with van der Waals surface area (Å²) >= 11 is 0. The van der Waals surface area contributed by atoms with Crippen LogP contribution >= 0.6 is 0 Å². The fourth-order valence-corrected chi connectivity index (χ4v) is 1.97. The molecule has 0 spiro atoms. The molecule has 0 aliphatic heterocycles. The molecule has 2 aromatic carbocycles. The van der Waals surface area contributed by atoms with Crippen LogP contribution in [0.15, 0.2) is 48.5 Å². The second-order valence-corrected chi connectivity index (χ2v) is 4.69. The van der Waals surface area contributed by atoms with Gasteiger partial charge in [-0.2, -0.15) is 0 Å². The molecule has 0 saturated carbocycles. The van der Waals surface area contributed by atoms with Crippen molar-refractivity contribution in [2.45, 2.75) is 6.54 Å². The maximum atomic E-state index is 11.9. The third-order valence-electron chi connectivity index (χ3n) is 3.15. The maximum Gasteiger partial charge on any atom is 0.313 e. The van der Waals surface area contributed by atoms with Crippen LogP contribution in [0.1, 0.15) is 5.56 Å². The van der Waals surface area contributed by atoms with E-state index in [0.29, 0.717) is 17.2 Å². The average molecular weight is 314 g/mol. The first-order valence-electron chi connectivity index (χ1n) is 6.99.